The van der Waals surface area contributed by atoms with E-state index >= 15 is 0 Å². The van der Waals surface area contributed by atoms with Crippen molar-refractivity contribution < 1.29 is 9.15 Å². The third kappa shape index (κ3) is 4.00. The van der Waals surface area contributed by atoms with Gasteiger partial charge in [0, 0.05) is 22.3 Å². The summed E-state index contributed by atoms with van der Waals surface area (Å²) >= 11 is 6.21. The normalized spacial score (nSPS) is 11.8. The van der Waals surface area contributed by atoms with Crippen LogP contribution in [0.4, 0.5) is 5.69 Å². The average molecular weight is 392 g/mol. The molecule has 4 rings (SSSR count). The van der Waals surface area contributed by atoms with Gasteiger partial charge in [-0.1, -0.05) is 48.0 Å². The molecule has 1 heterocycles. The maximum atomic E-state index is 6.21. The third-order valence-corrected chi connectivity index (χ3v) is 4.51. The first-order chi connectivity index (χ1) is 13.7. The summed E-state index contributed by atoms with van der Waals surface area (Å²) < 4.78 is 11.3. The van der Waals surface area contributed by atoms with Crippen molar-refractivity contribution in [2.45, 2.75) is 6.04 Å². The van der Waals surface area contributed by atoms with Gasteiger partial charge in [-0.3, -0.25) is 0 Å². The van der Waals surface area contributed by atoms with Crippen LogP contribution in [0.25, 0.3) is 11.5 Å². The first-order valence-corrected chi connectivity index (χ1v) is 9.15. The minimum Gasteiger partial charge on any atom is -0.497 e. The molecule has 1 unspecified atom stereocenters. The summed E-state index contributed by atoms with van der Waals surface area (Å²) in [6.07, 6.45) is 0. The van der Waals surface area contributed by atoms with Crippen LogP contribution in [0.2, 0.25) is 5.02 Å². The molecule has 0 radical (unpaired) electrons. The van der Waals surface area contributed by atoms with Gasteiger partial charge < -0.3 is 14.5 Å². The number of hydrogen-bond donors (Lipinski definition) is 1. The molecule has 3 aromatic carbocycles. The highest BCUT2D eigenvalue weighted by Crippen LogP contribution is 2.30. The van der Waals surface area contributed by atoms with Crippen LogP contribution >= 0.6 is 11.6 Å². The van der Waals surface area contributed by atoms with Crippen molar-refractivity contribution in [1.82, 2.24) is 10.2 Å². The van der Waals surface area contributed by atoms with E-state index in [9.17, 15) is 0 Å². The minimum absolute atomic E-state index is 0.365. The molecule has 0 saturated heterocycles. The zero-order valence-electron chi connectivity index (χ0n) is 15.2. The van der Waals surface area contributed by atoms with Crippen LogP contribution in [-0.4, -0.2) is 17.3 Å². The van der Waals surface area contributed by atoms with E-state index in [0.717, 1.165) is 22.6 Å². The van der Waals surface area contributed by atoms with Gasteiger partial charge in [-0.05, 0) is 42.0 Å². The van der Waals surface area contributed by atoms with E-state index in [2.05, 4.69) is 15.5 Å². The first kappa shape index (κ1) is 18.1. The zero-order valence-corrected chi connectivity index (χ0v) is 15.9. The van der Waals surface area contributed by atoms with E-state index in [1.807, 2.05) is 78.9 Å². The molecule has 5 nitrogen and oxygen atoms in total. The van der Waals surface area contributed by atoms with Crippen LogP contribution in [0, 0.1) is 0 Å². The Morgan fingerprint density at radius 3 is 2.54 bits per heavy atom. The Balaban J connectivity index is 1.72. The number of benzene rings is 3. The smallest absolute Gasteiger partial charge is 0.247 e. The van der Waals surface area contributed by atoms with Crippen molar-refractivity contribution in [2.75, 3.05) is 12.4 Å². The summed E-state index contributed by atoms with van der Waals surface area (Å²) in [6.45, 7) is 0. The summed E-state index contributed by atoms with van der Waals surface area (Å²) in [7, 11) is 1.64. The molecule has 1 N–H and O–H groups in total. The maximum Gasteiger partial charge on any atom is 0.247 e. The van der Waals surface area contributed by atoms with Gasteiger partial charge in [0.2, 0.25) is 11.8 Å². The molecule has 1 atom stereocenters. The summed E-state index contributed by atoms with van der Waals surface area (Å²) in [5.41, 5.74) is 2.65. The van der Waals surface area contributed by atoms with Crippen LogP contribution in [0.1, 0.15) is 17.5 Å². The Labute approximate surface area is 168 Å². The van der Waals surface area contributed by atoms with E-state index < -0.39 is 0 Å². The molecule has 0 aliphatic rings. The lowest BCUT2D eigenvalue weighted by atomic mass is 10.1. The largest absolute Gasteiger partial charge is 0.497 e. The fourth-order valence-corrected chi connectivity index (χ4v) is 3.10. The molecular weight excluding hydrogens is 374 g/mol. The quantitative estimate of drug-likeness (QED) is 0.463. The molecule has 0 spiro atoms. The van der Waals surface area contributed by atoms with Crippen LogP contribution < -0.4 is 10.1 Å². The summed E-state index contributed by atoms with van der Waals surface area (Å²) in [5, 5.41) is 12.6. The summed E-state index contributed by atoms with van der Waals surface area (Å²) in [6, 6.07) is 24.5. The molecule has 0 fully saturated rings. The first-order valence-electron chi connectivity index (χ1n) is 8.78. The van der Waals surface area contributed by atoms with Gasteiger partial charge in [-0.2, -0.15) is 0 Å². The number of anilines is 1. The highest BCUT2D eigenvalue weighted by molar-refractivity contribution is 6.30. The van der Waals surface area contributed by atoms with Gasteiger partial charge in [-0.15, -0.1) is 10.2 Å². The number of aromatic nitrogens is 2. The number of ether oxygens (including phenoxy) is 1. The summed E-state index contributed by atoms with van der Waals surface area (Å²) in [5.74, 6) is 1.67. The van der Waals surface area contributed by atoms with Crippen molar-refractivity contribution in [2.24, 2.45) is 0 Å². The number of rotatable bonds is 6. The van der Waals surface area contributed by atoms with E-state index in [1.165, 1.54) is 0 Å². The summed E-state index contributed by atoms with van der Waals surface area (Å²) in [4.78, 5) is 0. The zero-order chi connectivity index (χ0) is 19.3. The van der Waals surface area contributed by atoms with E-state index in [-0.39, 0.29) is 6.04 Å². The lowest BCUT2D eigenvalue weighted by molar-refractivity contribution is 0.415. The number of halogens is 1. The number of hydrogen-bond acceptors (Lipinski definition) is 5. The van der Waals surface area contributed by atoms with Gasteiger partial charge >= 0.3 is 0 Å². The third-order valence-electron chi connectivity index (χ3n) is 4.27. The monoisotopic (exact) mass is 391 g/mol. The second-order valence-electron chi connectivity index (χ2n) is 6.18. The average Bonchev–Trinajstić information content (AvgIpc) is 3.23. The predicted octanol–water partition coefficient (Wildman–Crippen LogP) is 5.60. The van der Waals surface area contributed by atoms with Gasteiger partial charge in [-0.25, -0.2) is 0 Å². The van der Waals surface area contributed by atoms with Crippen molar-refractivity contribution in [3.63, 3.8) is 0 Å². The van der Waals surface area contributed by atoms with Crippen LogP contribution in [0.15, 0.2) is 83.3 Å². The van der Waals surface area contributed by atoms with Crippen molar-refractivity contribution in [1.29, 1.82) is 0 Å². The van der Waals surface area contributed by atoms with Crippen LogP contribution in [0.3, 0.4) is 0 Å². The van der Waals surface area contributed by atoms with Crippen molar-refractivity contribution in [3.8, 4) is 17.2 Å². The Bertz CT molecular complexity index is 1070. The Morgan fingerprint density at radius 1 is 0.929 bits per heavy atom. The van der Waals surface area contributed by atoms with Crippen LogP contribution in [0.5, 0.6) is 5.75 Å². The van der Waals surface area contributed by atoms with E-state index in [0.29, 0.717) is 16.8 Å². The molecule has 0 bridgehead atoms. The second-order valence-corrected chi connectivity index (χ2v) is 6.61. The highest BCUT2D eigenvalue weighted by atomic mass is 35.5. The minimum atomic E-state index is -0.365. The van der Waals surface area contributed by atoms with Gasteiger partial charge in [0.25, 0.3) is 0 Å². The molecule has 0 saturated carbocycles. The molecular formula is C22H18ClN3O2. The Kier molecular flexibility index (Phi) is 5.26. The Hall–Kier alpha value is -3.31. The molecule has 140 valence electrons. The van der Waals surface area contributed by atoms with Gasteiger partial charge in [0.15, 0.2) is 0 Å². The molecule has 6 heteroatoms. The number of methoxy groups -OCH3 is 1. The number of nitrogens with zero attached hydrogens (tertiary/aromatic N) is 2. The lowest BCUT2D eigenvalue weighted by Gasteiger charge is -2.17. The standard InChI is InChI=1S/C22H18ClN3O2/c1-27-19-12-6-11-18(14-19)24-20(16-9-5-10-17(23)13-16)22-26-25-21(28-22)15-7-3-2-4-8-15/h2-14,20,24H,1H3. The molecule has 28 heavy (non-hydrogen) atoms. The van der Waals surface area contributed by atoms with Crippen LogP contribution in [-0.2, 0) is 0 Å². The molecule has 0 aliphatic heterocycles. The maximum absolute atomic E-state index is 6.21. The van der Waals surface area contributed by atoms with E-state index in [1.54, 1.807) is 7.11 Å². The SMILES string of the molecule is COc1cccc(NC(c2cccc(Cl)c2)c2nnc(-c3ccccc3)o2)c1. The lowest BCUT2D eigenvalue weighted by Crippen LogP contribution is -2.13. The topological polar surface area (TPSA) is 60.2 Å². The Morgan fingerprint density at radius 2 is 1.75 bits per heavy atom. The predicted molar refractivity (Wildman–Crippen MR) is 110 cm³/mol. The van der Waals surface area contributed by atoms with Crippen molar-refractivity contribution in [3.05, 3.63) is 95.3 Å². The second kappa shape index (κ2) is 8.15. The van der Waals surface area contributed by atoms with Crippen molar-refractivity contribution >= 4 is 17.3 Å². The van der Waals surface area contributed by atoms with Gasteiger partial charge in [0.05, 0.1) is 7.11 Å². The fraction of sp³-hybridized carbons (Fsp3) is 0.0909. The highest BCUT2D eigenvalue weighted by Gasteiger charge is 2.22. The fourth-order valence-electron chi connectivity index (χ4n) is 2.90. The molecule has 4 aromatic rings. The number of nitrogens with one attached hydrogen (secondary N) is 1. The molecule has 0 amide bonds. The molecule has 1 aromatic heterocycles. The molecule has 0 aliphatic carbocycles. The van der Waals surface area contributed by atoms with E-state index in [4.69, 9.17) is 20.8 Å². The van der Waals surface area contributed by atoms with Gasteiger partial charge in [0.1, 0.15) is 11.8 Å².